The van der Waals surface area contributed by atoms with Crippen molar-refractivity contribution in [2.75, 3.05) is 6.61 Å². The van der Waals surface area contributed by atoms with Gasteiger partial charge < -0.3 is 9.84 Å². The summed E-state index contributed by atoms with van der Waals surface area (Å²) >= 11 is 0. The number of ether oxygens (including phenoxy) is 1. The van der Waals surface area contributed by atoms with Crippen LogP contribution in [0.1, 0.15) is 72.4 Å². The van der Waals surface area contributed by atoms with Crippen LogP contribution in [0.25, 0.3) is 0 Å². The fourth-order valence-electron chi connectivity index (χ4n) is 2.21. The first kappa shape index (κ1) is 18.0. The van der Waals surface area contributed by atoms with E-state index >= 15 is 0 Å². The second-order valence-electron chi connectivity index (χ2n) is 7.35. The minimum absolute atomic E-state index is 0.0634. The molecule has 0 fully saturated rings. The van der Waals surface area contributed by atoms with Gasteiger partial charge in [0, 0.05) is 5.56 Å². The summed E-state index contributed by atoms with van der Waals surface area (Å²) in [6.07, 6.45) is 1.70. The predicted molar refractivity (Wildman–Crippen MR) is 90.3 cm³/mol. The molecule has 0 amide bonds. The van der Waals surface area contributed by atoms with E-state index in [0.29, 0.717) is 6.61 Å². The normalized spacial score (nSPS) is 14.1. The quantitative estimate of drug-likeness (QED) is 0.780. The van der Waals surface area contributed by atoms with Gasteiger partial charge >= 0.3 is 0 Å². The molecule has 0 bridgehead atoms. The van der Waals surface area contributed by atoms with Crippen molar-refractivity contribution in [1.82, 2.24) is 0 Å². The van der Waals surface area contributed by atoms with Crippen molar-refractivity contribution in [3.8, 4) is 5.75 Å². The molecule has 1 aromatic rings. The molecule has 0 saturated heterocycles. The van der Waals surface area contributed by atoms with Crippen molar-refractivity contribution in [3.63, 3.8) is 0 Å². The van der Waals surface area contributed by atoms with Gasteiger partial charge in [0.15, 0.2) is 0 Å². The van der Waals surface area contributed by atoms with Gasteiger partial charge in [0.1, 0.15) is 12.4 Å². The molecule has 0 saturated carbocycles. The minimum atomic E-state index is -0.450. The third-order valence-electron chi connectivity index (χ3n) is 4.74. The Hall–Kier alpha value is -1.02. The third kappa shape index (κ3) is 4.47. The highest BCUT2D eigenvalue weighted by atomic mass is 16.5. The summed E-state index contributed by atoms with van der Waals surface area (Å²) in [6, 6.07) is 6.53. The zero-order valence-corrected chi connectivity index (χ0v) is 14.8. The largest absolute Gasteiger partial charge is 0.491 e. The second kappa shape index (κ2) is 6.83. The molecular formula is C19H32O2. The smallest absolute Gasteiger partial charge is 0.123 e. The molecule has 1 aromatic carbocycles. The average molecular weight is 292 g/mol. The maximum atomic E-state index is 9.46. The Morgan fingerprint density at radius 3 is 2.10 bits per heavy atom. The first-order chi connectivity index (χ1) is 9.64. The first-order valence-corrected chi connectivity index (χ1v) is 8.10. The Morgan fingerprint density at radius 2 is 1.62 bits per heavy atom. The lowest BCUT2D eigenvalue weighted by atomic mass is 9.76. The number of hydrogen-bond acceptors (Lipinski definition) is 2. The molecule has 0 spiro atoms. The van der Waals surface area contributed by atoms with Crippen LogP contribution in [-0.2, 0) is 10.8 Å². The van der Waals surface area contributed by atoms with Crippen LogP contribution in [0.4, 0.5) is 0 Å². The van der Waals surface area contributed by atoms with Crippen LogP contribution in [-0.4, -0.2) is 17.8 Å². The average Bonchev–Trinajstić information content (AvgIpc) is 2.44. The number of benzene rings is 1. The van der Waals surface area contributed by atoms with Crippen LogP contribution >= 0.6 is 0 Å². The summed E-state index contributed by atoms with van der Waals surface area (Å²) in [5, 5.41) is 9.46. The highest BCUT2D eigenvalue weighted by Gasteiger charge is 2.26. The van der Waals surface area contributed by atoms with E-state index in [-0.39, 0.29) is 10.8 Å². The summed E-state index contributed by atoms with van der Waals surface area (Å²) < 4.78 is 5.84. The number of aliphatic hydroxyl groups excluding tert-OH is 1. The van der Waals surface area contributed by atoms with E-state index in [1.807, 2.05) is 0 Å². The van der Waals surface area contributed by atoms with Crippen LogP contribution < -0.4 is 4.74 Å². The van der Waals surface area contributed by atoms with Crippen molar-refractivity contribution in [1.29, 1.82) is 0 Å². The Bertz CT molecular complexity index is 459. The van der Waals surface area contributed by atoms with E-state index < -0.39 is 6.10 Å². The van der Waals surface area contributed by atoms with Gasteiger partial charge in [0.05, 0.1) is 6.10 Å². The standard InChI is InChI=1S/C19H32O2/c1-8-18(4,5)15-10-11-17(21-13-14(3)20)16(12-15)19(6,7)9-2/h10-12,14,20H,8-9,13H2,1-7H3. The highest BCUT2D eigenvalue weighted by Crippen LogP contribution is 2.38. The molecule has 0 aliphatic rings. The van der Waals surface area contributed by atoms with Gasteiger partial charge in [-0.2, -0.15) is 0 Å². The lowest BCUT2D eigenvalue weighted by molar-refractivity contribution is 0.121. The van der Waals surface area contributed by atoms with Gasteiger partial charge in [-0.05, 0) is 42.2 Å². The number of rotatable bonds is 7. The van der Waals surface area contributed by atoms with Crippen molar-refractivity contribution in [2.24, 2.45) is 0 Å². The molecule has 0 heterocycles. The summed E-state index contributed by atoms with van der Waals surface area (Å²) in [5.74, 6) is 0.901. The number of aliphatic hydroxyl groups is 1. The van der Waals surface area contributed by atoms with Crippen molar-refractivity contribution in [2.45, 2.75) is 78.2 Å². The van der Waals surface area contributed by atoms with E-state index in [1.165, 1.54) is 11.1 Å². The fraction of sp³-hybridized carbons (Fsp3) is 0.684. The molecule has 1 rings (SSSR count). The van der Waals surface area contributed by atoms with E-state index in [9.17, 15) is 5.11 Å². The maximum Gasteiger partial charge on any atom is 0.123 e. The van der Waals surface area contributed by atoms with Crippen LogP contribution in [0.15, 0.2) is 18.2 Å². The molecule has 21 heavy (non-hydrogen) atoms. The summed E-state index contributed by atoms with van der Waals surface area (Å²) in [4.78, 5) is 0. The first-order valence-electron chi connectivity index (χ1n) is 8.10. The van der Waals surface area contributed by atoms with E-state index in [1.54, 1.807) is 6.92 Å². The van der Waals surface area contributed by atoms with Crippen LogP contribution in [0.5, 0.6) is 5.75 Å². The number of hydrogen-bond donors (Lipinski definition) is 1. The Balaban J connectivity index is 3.27. The van der Waals surface area contributed by atoms with Gasteiger partial charge in [0.25, 0.3) is 0 Å². The highest BCUT2D eigenvalue weighted by molar-refractivity contribution is 5.44. The molecule has 0 radical (unpaired) electrons. The molecule has 120 valence electrons. The molecule has 1 atom stereocenters. The van der Waals surface area contributed by atoms with Gasteiger partial charge in [-0.15, -0.1) is 0 Å². The van der Waals surface area contributed by atoms with Crippen LogP contribution in [0, 0.1) is 0 Å². The lowest BCUT2D eigenvalue weighted by Gasteiger charge is -2.30. The SMILES string of the molecule is CCC(C)(C)c1ccc(OCC(C)O)c(C(C)(C)CC)c1. The molecule has 0 aliphatic carbocycles. The topological polar surface area (TPSA) is 29.5 Å². The predicted octanol–water partition coefficient (Wildman–Crippen LogP) is 4.82. The van der Waals surface area contributed by atoms with E-state index in [4.69, 9.17) is 4.74 Å². The molecule has 1 unspecified atom stereocenters. The Kier molecular flexibility index (Phi) is 5.86. The molecule has 0 aromatic heterocycles. The van der Waals surface area contributed by atoms with Gasteiger partial charge in [-0.1, -0.05) is 53.7 Å². The molecule has 2 nitrogen and oxygen atoms in total. The van der Waals surface area contributed by atoms with E-state index in [0.717, 1.165) is 18.6 Å². The fourth-order valence-corrected chi connectivity index (χ4v) is 2.21. The second-order valence-corrected chi connectivity index (χ2v) is 7.35. The Labute approximate surface area is 130 Å². The molecule has 1 N–H and O–H groups in total. The van der Waals surface area contributed by atoms with Gasteiger partial charge in [-0.3, -0.25) is 0 Å². The van der Waals surface area contributed by atoms with Gasteiger partial charge in [0.2, 0.25) is 0 Å². The Morgan fingerprint density at radius 1 is 1.05 bits per heavy atom. The zero-order valence-electron chi connectivity index (χ0n) is 14.8. The van der Waals surface area contributed by atoms with Crippen molar-refractivity contribution in [3.05, 3.63) is 29.3 Å². The van der Waals surface area contributed by atoms with Gasteiger partial charge in [-0.25, -0.2) is 0 Å². The zero-order chi connectivity index (χ0) is 16.3. The minimum Gasteiger partial charge on any atom is -0.491 e. The summed E-state index contributed by atoms with van der Waals surface area (Å²) in [5.41, 5.74) is 2.82. The summed E-state index contributed by atoms with van der Waals surface area (Å²) in [6.45, 7) is 15.6. The monoisotopic (exact) mass is 292 g/mol. The van der Waals surface area contributed by atoms with Crippen LogP contribution in [0.2, 0.25) is 0 Å². The molecule has 0 aliphatic heterocycles. The summed E-state index contributed by atoms with van der Waals surface area (Å²) in [7, 11) is 0. The molecular weight excluding hydrogens is 260 g/mol. The van der Waals surface area contributed by atoms with E-state index in [2.05, 4.69) is 59.7 Å². The van der Waals surface area contributed by atoms with Crippen molar-refractivity contribution < 1.29 is 9.84 Å². The molecule has 2 heteroatoms. The maximum absolute atomic E-state index is 9.46. The van der Waals surface area contributed by atoms with Crippen molar-refractivity contribution >= 4 is 0 Å². The lowest BCUT2D eigenvalue weighted by Crippen LogP contribution is -2.22. The van der Waals surface area contributed by atoms with Crippen LogP contribution in [0.3, 0.4) is 0 Å². The third-order valence-corrected chi connectivity index (χ3v) is 4.74.